The van der Waals surface area contributed by atoms with Crippen molar-refractivity contribution < 1.29 is 19.2 Å². The Morgan fingerprint density at radius 2 is 1.66 bits per heavy atom. The fourth-order valence-electron chi connectivity index (χ4n) is 3.77. The van der Waals surface area contributed by atoms with Crippen LogP contribution in [-0.4, -0.2) is 53.1 Å². The van der Waals surface area contributed by atoms with Crippen LogP contribution in [0.2, 0.25) is 0 Å². The molecule has 0 saturated heterocycles. The number of nitrogens with one attached hydrogen (secondary N) is 1. The maximum absolute atomic E-state index is 12.9. The number of imide groups is 1. The number of carbonyl (C=O) groups is 4. The predicted octanol–water partition coefficient (Wildman–Crippen LogP) is 3.25. The normalized spacial score (nSPS) is 15.0. The van der Waals surface area contributed by atoms with Crippen molar-refractivity contribution in [1.29, 1.82) is 0 Å². The second-order valence-corrected chi connectivity index (χ2v) is 8.48. The van der Waals surface area contributed by atoms with Gasteiger partial charge in [0.15, 0.2) is 0 Å². The van der Waals surface area contributed by atoms with Gasteiger partial charge in [-0.3, -0.25) is 24.1 Å². The van der Waals surface area contributed by atoms with E-state index in [9.17, 15) is 19.2 Å². The maximum Gasteiger partial charge on any atom is 0.261 e. The third-order valence-corrected chi connectivity index (χ3v) is 5.85. The Morgan fingerprint density at radius 1 is 1.00 bits per heavy atom. The van der Waals surface area contributed by atoms with E-state index in [-0.39, 0.29) is 29.2 Å². The van der Waals surface area contributed by atoms with Crippen LogP contribution in [0.1, 0.15) is 79.6 Å². The van der Waals surface area contributed by atoms with Crippen molar-refractivity contribution in [3.63, 3.8) is 0 Å². The number of hydrogen-bond acceptors (Lipinski definition) is 4. The molecule has 1 fully saturated rings. The Bertz CT molecular complexity index is 1070. The summed E-state index contributed by atoms with van der Waals surface area (Å²) in [5.41, 5.74) is 2.50. The van der Waals surface area contributed by atoms with E-state index in [0.717, 1.165) is 31.2 Å². The van der Waals surface area contributed by atoms with Gasteiger partial charge in [0.25, 0.3) is 23.6 Å². The van der Waals surface area contributed by atoms with Gasteiger partial charge >= 0.3 is 0 Å². The summed E-state index contributed by atoms with van der Waals surface area (Å²) in [6, 6.07) is 12.2. The monoisotopic (exact) mass is 433 g/mol. The van der Waals surface area contributed by atoms with Crippen molar-refractivity contribution in [3.05, 3.63) is 70.3 Å². The highest BCUT2D eigenvalue weighted by molar-refractivity contribution is 6.22. The summed E-state index contributed by atoms with van der Waals surface area (Å²) in [6.45, 7) is 2.75. The summed E-state index contributed by atoms with van der Waals surface area (Å²) in [6.07, 6.45) is 3.71. The van der Waals surface area contributed by atoms with E-state index >= 15 is 0 Å². The van der Waals surface area contributed by atoms with Crippen molar-refractivity contribution in [1.82, 2.24) is 15.1 Å². The number of benzene rings is 2. The molecule has 1 N–H and O–H groups in total. The first-order valence-corrected chi connectivity index (χ1v) is 11.0. The molecule has 0 aromatic heterocycles. The largest absolute Gasteiger partial charge is 0.349 e. The highest BCUT2D eigenvalue weighted by Gasteiger charge is 2.35. The minimum absolute atomic E-state index is 0.0752. The molecule has 0 unspecified atom stereocenters. The molecule has 4 amide bonds. The number of nitrogens with zero attached hydrogens (tertiary/aromatic N) is 2. The van der Waals surface area contributed by atoms with Gasteiger partial charge in [0.05, 0.1) is 11.1 Å². The quantitative estimate of drug-likeness (QED) is 0.648. The highest BCUT2D eigenvalue weighted by Crippen LogP contribution is 2.25. The van der Waals surface area contributed by atoms with Crippen molar-refractivity contribution in [2.24, 2.45) is 0 Å². The number of amides is 4. The topological polar surface area (TPSA) is 86.8 Å². The first-order valence-electron chi connectivity index (χ1n) is 11.0. The second-order valence-electron chi connectivity index (χ2n) is 8.48. The summed E-state index contributed by atoms with van der Waals surface area (Å²) in [4.78, 5) is 53.0. The maximum atomic E-state index is 12.9. The molecule has 166 valence electrons. The number of carbonyl (C=O) groups excluding carboxylic acids is 4. The first-order chi connectivity index (χ1) is 15.4. The average Bonchev–Trinajstić information content (AvgIpc) is 3.58. The summed E-state index contributed by atoms with van der Waals surface area (Å²) in [5.74, 6) is -0.947. The lowest BCUT2D eigenvalue weighted by Crippen LogP contribution is -2.30. The molecule has 1 aliphatic heterocycles. The molecule has 0 radical (unpaired) electrons. The minimum atomic E-state index is -0.337. The van der Waals surface area contributed by atoms with Gasteiger partial charge in [-0.1, -0.05) is 25.5 Å². The van der Waals surface area contributed by atoms with Gasteiger partial charge in [-0.05, 0) is 55.2 Å². The summed E-state index contributed by atoms with van der Waals surface area (Å²) in [5, 5.41) is 2.95. The molecule has 0 atom stereocenters. The molecule has 7 nitrogen and oxygen atoms in total. The lowest BCUT2D eigenvalue weighted by molar-refractivity contribution is 0.0651. The van der Waals surface area contributed by atoms with Crippen LogP contribution in [0.5, 0.6) is 0 Å². The van der Waals surface area contributed by atoms with E-state index in [1.54, 1.807) is 36.2 Å². The van der Waals surface area contributed by atoms with Crippen LogP contribution in [-0.2, 0) is 6.54 Å². The van der Waals surface area contributed by atoms with E-state index in [1.165, 1.54) is 11.0 Å². The number of rotatable bonds is 8. The second kappa shape index (κ2) is 8.94. The fourth-order valence-corrected chi connectivity index (χ4v) is 3.77. The Hall–Kier alpha value is -3.48. The van der Waals surface area contributed by atoms with Crippen LogP contribution >= 0.6 is 0 Å². The molecule has 0 spiro atoms. The fraction of sp³-hybridized carbons (Fsp3) is 0.360. The average molecular weight is 434 g/mol. The summed E-state index contributed by atoms with van der Waals surface area (Å²) < 4.78 is 0. The Labute approximate surface area is 187 Å². The number of fused-ring (bicyclic) bond motifs is 1. The summed E-state index contributed by atoms with van der Waals surface area (Å²) >= 11 is 0. The molecule has 2 aliphatic rings. The molecular weight excluding hydrogens is 406 g/mol. The van der Waals surface area contributed by atoms with E-state index < -0.39 is 0 Å². The number of hydrogen-bond donors (Lipinski definition) is 1. The molecule has 4 rings (SSSR count). The smallest absolute Gasteiger partial charge is 0.261 e. The molecule has 1 heterocycles. The van der Waals surface area contributed by atoms with Gasteiger partial charge in [-0.2, -0.15) is 0 Å². The van der Waals surface area contributed by atoms with Crippen molar-refractivity contribution in [3.8, 4) is 0 Å². The van der Waals surface area contributed by atoms with Crippen LogP contribution in [0.4, 0.5) is 0 Å². The highest BCUT2D eigenvalue weighted by atomic mass is 16.2. The van der Waals surface area contributed by atoms with Crippen LogP contribution in [0.25, 0.3) is 0 Å². The molecule has 0 bridgehead atoms. The van der Waals surface area contributed by atoms with Gasteiger partial charge in [0.1, 0.15) is 0 Å². The van der Waals surface area contributed by atoms with Crippen LogP contribution in [0, 0.1) is 0 Å². The predicted molar refractivity (Wildman–Crippen MR) is 119 cm³/mol. The summed E-state index contributed by atoms with van der Waals surface area (Å²) in [7, 11) is 1.68. The van der Waals surface area contributed by atoms with Gasteiger partial charge in [0, 0.05) is 37.3 Å². The molecule has 2 aromatic carbocycles. The van der Waals surface area contributed by atoms with Crippen molar-refractivity contribution >= 4 is 23.6 Å². The van der Waals surface area contributed by atoms with Crippen LogP contribution in [0.15, 0.2) is 42.5 Å². The Morgan fingerprint density at radius 3 is 2.31 bits per heavy atom. The molecule has 2 aromatic rings. The molecule has 1 saturated carbocycles. The van der Waals surface area contributed by atoms with Gasteiger partial charge in [-0.15, -0.1) is 0 Å². The van der Waals surface area contributed by atoms with Crippen LogP contribution < -0.4 is 5.32 Å². The number of unbranched alkanes of at least 4 members (excludes halogenated alkanes) is 1. The molecular formula is C25H27N3O4. The first kappa shape index (κ1) is 21.7. The van der Waals surface area contributed by atoms with Crippen LogP contribution in [0.3, 0.4) is 0 Å². The van der Waals surface area contributed by atoms with Gasteiger partial charge < -0.3 is 10.2 Å². The van der Waals surface area contributed by atoms with E-state index in [2.05, 4.69) is 5.32 Å². The SMILES string of the molecule is CCCCN1C(=O)c2ccc(C(=O)N(C)Cc3ccc(C(=O)NC4CC4)cc3)cc2C1=O. The molecule has 32 heavy (non-hydrogen) atoms. The third kappa shape index (κ3) is 4.42. The van der Waals surface area contributed by atoms with Gasteiger partial charge in [0.2, 0.25) is 0 Å². The lowest BCUT2D eigenvalue weighted by Gasteiger charge is -2.18. The van der Waals surface area contributed by atoms with Crippen molar-refractivity contribution in [2.75, 3.05) is 13.6 Å². The minimum Gasteiger partial charge on any atom is -0.349 e. The van der Waals surface area contributed by atoms with E-state index in [1.807, 2.05) is 19.1 Å². The Balaban J connectivity index is 1.42. The standard InChI is InChI=1S/C25H27N3O4/c1-3-4-13-28-24(31)20-12-9-18(14-21(20)25(28)32)23(30)27(2)15-16-5-7-17(8-6-16)22(29)26-19-10-11-19/h5-9,12,14,19H,3-4,10-11,13,15H2,1-2H3,(H,26,29). The third-order valence-electron chi connectivity index (χ3n) is 5.85. The molecule has 7 heteroatoms. The zero-order valence-corrected chi connectivity index (χ0v) is 18.4. The lowest BCUT2D eigenvalue weighted by atomic mass is 10.0. The van der Waals surface area contributed by atoms with E-state index in [4.69, 9.17) is 0 Å². The van der Waals surface area contributed by atoms with E-state index in [0.29, 0.717) is 35.8 Å². The Kier molecular flexibility index (Phi) is 6.08. The van der Waals surface area contributed by atoms with Gasteiger partial charge in [-0.25, -0.2) is 0 Å². The molecule has 1 aliphatic carbocycles. The zero-order valence-electron chi connectivity index (χ0n) is 18.4. The van der Waals surface area contributed by atoms with Crippen molar-refractivity contribution in [2.45, 2.75) is 45.2 Å². The zero-order chi connectivity index (χ0) is 22.8.